The molecular formula is C56H68N14O15. The van der Waals surface area contributed by atoms with Crippen molar-refractivity contribution in [2.45, 2.75) is 102 Å². The van der Waals surface area contributed by atoms with E-state index in [4.69, 9.17) is 26.4 Å². The number of methoxy groups -OCH3 is 1. The summed E-state index contributed by atoms with van der Waals surface area (Å²) >= 11 is 0. The smallest absolute Gasteiger partial charge is 0.336 e. The zero-order chi connectivity index (χ0) is 62.1. The highest BCUT2D eigenvalue weighted by molar-refractivity contribution is 5.98. The van der Waals surface area contributed by atoms with Crippen LogP contribution in [0.2, 0.25) is 0 Å². The number of hydrogen-bond acceptors (Lipinski definition) is 17. The Morgan fingerprint density at radius 3 is 2.18 bits per heavy atom. The molecule has 6 rings (SSSR count). The van der Waals surface area contributed by atoms with Crippen molar-refractivity contribution >= 4 is 92.0 Å². The number of ether oxygens (including phenoxy) is 1. The highest BCUT2D eigenvalue weighted by Crippen LogP contribution is 2.29. The summed E-state index contributed by atoms with van der Waals surface area (Å²) in [5.74, 6) is -6.50. The van der Waals surface area contributed by atoms with E-state index in [-0.39, 0.29) is 74.8 Å². The Kier molecular flexibility index (Phi) is 22.3. The Morgan fingerprint density at radius 2 is 1.49 bits per heavy atom. The van der Waals surface area contributed by atoms with E-state index in [9.17, 15) is 63.4 Å². The molecule has 2 heterocycles. The Hall–Kier alpha value is -10.2. The van der Waals surface area contributed by atoms with Gasteiger partial charge in [-0.2, -0.15) is 0 Å². The van der Waals surface area contributed by atoms with Crippen molar-refractivity contribution in [2.24, 2.45) is 28.1 Å². The number of fused-ring (bicyclic) bond motifs is 2. The standard InChI is InChI=1S/C56H68N14O15/c1-30(2)21-41(66-55(79)44-12-8-20-68(44)48(72)24-35-25-49(73)85-46-27-37(84-4)16-17-38(35)46)52(76)62-29-47(71)64-42(23-32-13-14-33-9-5-6-10-34(33)22-32)53(77)67-43(28-61-39-18-15-36(69(80)81)26-45(39)70(82)83)54(78)63-31(3)51(75)65-40(50(57)74)11-7-19-60-56(58)59/h5-6,9-10,13-18,22,25-27,30-31,40-44,61H,7-8,11-12,19-21,23-24,28-29H2,1-4H3,(H2,57,74)(H,62,76)(H,63,78)(H,64,71)(H,65,75)(H,66,79)(H,67,77)(H4,58,59,60)/t31-,40+,41-,42-,43+,44+/m1/s1. The lowest BCUT2D eigenvalue weighted by Crippen LogP contribution is -2.59. The maximum absolute atomic E-state index is 14.6. The van der Waals surface area contributed by atoms with Crippen molar-refractivity contribution in [2.75, 3.05) is 38.6 Å². The molecular weight excluding hydrogens is 1110 g/mol. The molecule has 8 amide bonds. The van der Waals surface area contributed by atoms with Crippen molar-refractivity contribution in [3.05, 3.63) is 127 Å². The predicted molar refractivity (Wildman–Crippen MR) is 310 cm³/mol. The number of likely N-dealkylation sites (tertiary alicyclic amines) is 1. The van der Waals surface area contributed by atoms with Gasteiger partial charge in [-0.3, -0.25) is 63.6 Å². The van der Waals surface area contributed by atoms with E-state index in [2.05, 4.69) is 42.2 Å². The second-order valence-electron chi connectivity index (χ2n) is 20.6. The van der Waals surface area contributed by atoms with Gasteiger partial charge in [-0.05, 0) is 85.0 Å². The average molecular weight is 1180 g/mol. The molecule has 6 atom stereocenters. The molecule has 1 aromatic heterocycles. The first-order valence-electron chi connectivity index (χ1n) is 27.1. The molecule has 0 radical (unpaired) electrons. The highest BCUT2D eigenvalue weighted by atomic mass is 16.6. The second-order valence-corrected chi connectivity index (χ2v) is 20.6. The summed E-state index contributed by atoms with van der Waals surface area (Å²) in [4.78, 5) is 150. The minimum absolute atomic E-state index is 0.0111. The number of non-ortho nitro benzene ring substituents is 1. The van der Waals surface area contributed by atoms with Crippen LogP contribution in [0.3, 0.4) is 0 Å². The zero-order valence-electron chi connectivity index (χ0n) is 47.0. The second kappa shape index (κ2) is 29.7. The first kappa shape index (κ1) is 64.0. The monoisotopic (exact) mass is 1180 g/mol. The zero-order valence-corrected chi connectivity index (χ0v) is 47.0. The Morgan fingerprint density at radius 1 is 0.776 bits per heavy atom. The number of hydrogen-bond donors (Lipinski definition) is 10. The van der Waals surface area contributed by atoms with Crippen molar-refractivity contribution in [3.63, 3.8) is 0 Å². The minimum atomic E-state index is -1.73. The van der Waals surface area contributed by atoms with Crippen molar-refractivity contribution < 1.29 is 57.4 Å². The molecule has 5 aromatic rings. The maximum atomic E-state index is 14.6. The van der Waals surface area contributed by atoms with Gasteiger partial charge in [0.05, 0.1) is 36.0 Å². The third-order valence-corrected chi connectivity index (χ3v) is 13.8. The largest absolute Gasteiger partial charge is 0.497 e. The average Bonchev–Trinajstić information content (AvgIpc) is 4.20. The molecule has 4 aromatic carbocycles. The molecule has 0 unspecified atom stereocenters. The highest BCUT2D eigenvalue weighted by Gasteiger charge is 2.37. The number of rotatable bonds is 29. The number of carbonyl (C=O) groups excluding carboxylic acids is 8. The fourth-order valence-electron chi connectivity index (χ4n) is 9.50. The number of amides is 8. The van der Waals surface area contributed by atoms with Crippen LogP contribution in [-0.2, 0) is 51.2 Å². The molecule has 29 nitrogen and oxygen atoms in total. The molecule has 1 aliphatic heterocycles. The van der Waals surface area contributed by atoms with E-state index in [1.807, 2.05) is 32.0 Å². The van der Waals surface area contributed by atoms with Crippen LogP contribution in [0, 0.1) is 26.1 Å². The SMILES string of the molecule is COc1ccc2c(CC(=O)N3CCC[C@H]3C(=O)N[C@H](CC(C)C)C(=O)NCC(=O)N[C@H](Cc3ccc4ccccc4c3)C(=O)N[C@@H](CNc3ccc([N+](=O)[O-])cc3[N+](=O)[O-])C(=O)N[C@H](C)C(=O)N[C@@H](CCCN=C(N)N)C(N)=O)cc(=O)oc2c1. The molecule has 0 saturated carbocycles. The molecule has 0 spiro atoms. The molecule has 0 bridgehead atoms. The molecule has 452 valence electrons. The fourth-order valence-corrected chi connectivity index (χ4v) is 9.50. The third kappa shape index (κ3) is 18.1. The molecule has 1 saturated heterocycles. The van der Waals surface area contributed by atoms with Crippen molar-refractivity contribution in [1.29, 1.82) is 0 Å². The Bertz CT molecular complexity index is 3440. The van der Waals surface area contributed by atoms with Gasteiger partial charge in [0.2, 0.25) is 47.3 Å². The van der Waals surface area contributed by atoms with Crippen LogP contribution in [-0.4, -0.2) is 138 Å². The molecule has 0 aliphatic carbocycles. The summed E-state index contributed by atoms with van der Waals surface area (Å²) in [6.45, 7) is 3.82. The van der Waals surface area contributed by atoms with E-state index >= 15 is 0 Å². The van der Waals surface area contributed by atoms with Crippen LogP contribution in [0.15, 0.2) is 99.1 Å². The number of nitro benzene ring substituents is 2. The normalized spacial score (nSPS) is 14.6. The molecule has 1 aliphatic rings. The Balaban J connectivity index is 1.19. The van der Waals surface area contributed by atoms with Gasteiger partial charge in [0.25, 0.3) is 11.4 Å². The van der Waals surface area contributed by atoms with Gasteiger partial charge >= 0.3 is 5.63 Å². The van der Waals surface area contributed by atoms with Gasteiger partial charge in [0.15, 0.2) is 5.96 Å². The number of aliphatic imine (C=N–C) groups is 1. The number of guanidine groups is 1. The Labute approximate surface area is 485 Å². The summed E-state index contributed by atoms with van der Waals surface area (Å²) in [7, 11) is 1.45. The quantitative estimate of drug-likeness (QED) is 0.00790. The first-order chi connectivity index (χ1) is 40.4. The predicted octanol–water partition coefficient (Wildman–Crippen LogP) is 0.805. The number of nitrogens with one attached hydrogen (secondary N) is 7. The molecule has 13 N–H and O–H groups in total. The van der Waals surface area contributed by atoms with Gasteiger partial charge in [-0.15, -0.1) is 0 Å². The van der Waals surface area contributed by atoms with E-state index in [0.29, 0.717) is 34.7 Å². The molecule has 29 heteroatoms. The minimum Gasteiger partial charge on any atom is -0.497 e. The fraction of sp³-hybridized carbons (Fsp3) is 0.393. The van der Waals surface area contributed by atoms with Crippen LogP contribution in [0.25, 0.3) is 21.7 Å². The summed E-state index contributed by atoms with van der Waals surface area (Å²) in [5, 5.41) is 43.7. The molecule has 85 heavy (non-hydrogen) atoms. The third-order valence-electron chi connectivity index (χ3n) is 13.8. The van der Waals surface area contributed by atoms with E-state index in [0.717, 1.165) is 22.9 Å². The topological polar surface area (TPSA) is 440 Å². The van der Waals surface area contributed by atoms with Crippen molar-refractivity contribution in [3.8, 4) is 5.75 Å². The van der Waals surface area contributed by atoms with Gasteiger partial charge in [-0.1, -0.05) is 56.3 Å². The lowest BCUT2D eigenvalue weighted by molar-refractivity contribution is -0.393. The summed E-state index contributed by atoms with van der Waals surface area (Å²) in [6, 6.07) is 13.2. The number of primary amides is 1. The van der Waals surface area contributed by atoms with Crippen molar-refractivity contribution in [1.82, 2.24) is 36.8 Å². The van der Waals surface area contributed by atoms with Gasteiger partial charge in [0.1, 0.15) is 53.3 Å². The number of nitro groups is 2. The van der Waals surface area contributed by atoms with Crippen LogP contribution in [0.1, 0.15) is 64.0 Å². The van der Waals surface area contributed by atoms with E-state index in [1.165, 1.54) is 31.1 Å². The number of carbonyl (C=O) groups is 8. The van der Waals surface area contributed by atoms with Gasteiger partial charge in [-0.25, -0.2) is 4.79 Å². The lowest BCUT2D eigenvalue weighted by atomic mass is 10.0. The molecule has 1 fully saturated rings. The number of anilines is 1. The summed E-state index contributed by atoms with van der Waals surface area (Å²) in [6.07, 6.45) is 0.639. The lowest BCUT2D eigenvalue weighted by Gasteiger charge is -2.27. The van der Waals surface area contributed by atoms with E-state index < -0.39 is 123 Å². The van der Waals surface area contributed by atoms with Gasteiger partial charge < -0.3 is 68.5 Å². The number of nitrogens with zero attached hydrogens (tertiary/aromatic N) is 4. The van der Waals surface area contributed by atoms with Crippen LogP contribution < -0.4 is 64.8 Å². The summed E-state index contributed by atoms with van der Waals surface area (Å²) in [5.41, 5.74) is 15.0. The number of benzene rings is 4. The van der Waals surface area contributed by atoms with Crippen LogP contribution >= 0.6 is 0 Å². The van der Waals surface area contributed by atoms with Gasteiger partial charge in [0, 0.05) is 49.6 Å². The number of nitrogens with two attached hydrogens (primary N) is 3. The maximum Gasteiger partial charge on any atom is 0.336 e. The van der Waals surface area contributed by atoms with Crippen LogP contribution in [0.5, 0.6) is 5.75 Å². The first-order valence-corrected chi connectivity index (χ1v) is 27.1. The van der Waals surface area contributed by atoms with Crippen LogP contribution in [0.4, 0.5) is 17.1 Å². The van der Waals surface area contributed by atoms with E-state index in [1.54, 1.807) is 36.4 Å². The summed E-state index contributed by atoms with van der Waals surface area (Å²) < 4.78 is 10.6.